The normalized spacial score (nSPS) is 23.7. The monoisotopic (exact) mass is 491 g/mol. The van der Waals surface area contributed by atoms with E-state index in [1.807, 2.05) is 0 Å². The third-order valence-electron chi connectivity index (χ3n) is 6.20. The smallest absolute Gasteiger partial charge is 0.325 e. The molecule has 0 radical (unpaired) electrons. The molecule has 1 N–H and O–H groups in total. The van der Waals surface area contributed by atoms with E-state index in [4.69, 9.17) is 0 Å². The summed E-state index contributed by atoms with van der Waals surface area (Å²) in [5, 5.41) is 2.36. The van der Waals surface area contributed by atoms with Crippen LogP contribution in [0.25, 0.3) is 0 Å². The van der Waals surface area contributed by atoms with Crippen LogP contribution in [0.15, 0.2) is 48.5 Å². The van der Waals surface area contributed by atoms with Gasteiger partial charge in [0, 0.05) is 18.2 Å². The number of amides is 4. The molecular formula is C23H23F2N3O5S. The average Bonchev–Trinajstić information content (AvgIpc) is 3.25. The van der Waals surface area contributed by atoms with E-state index in [-0.39, 0.29) is 30.0 Å². The summed E-state index contributed by atoms with van der Waals surface area (Å²) in [5.41, 5.74) is -1.50. The van der Waals surface area contributed by atoms with Gasteiger partial charge >= 0.3 is 6.03 Å². The van der Waals surface area contributed by atoms with E-state index in [2.05, 4.69) is 5.32 Å². The van der Waals surface area contributed by atoms with Gasteiger partial charge in [-0.25, -0.2) is 22.0 Å². The fraction of sp³-hybridized carbons (Fsp3) is 0.348. The first-order valence-electron chi connectivity index (χ1n) is 10.6. The molecule has 2 aromatic carbocycles. The zero-order valence-corrected chi connectivity index (χ0v) is 19.1. The Hall–Kier alpha value is -3.34. The highest BCUT2D eigenvalue weighted by atomic mass is 32.2. The van der Waals surface area contributed by atoms with Gasteiger partial charge in [0.2, 0.25) is 5.91 Å². The highest BCUT2D eigenvalue weighted by Crippen LogP contribution is 2.31. The number of imide groups is 1. The Balaban J connectivity index is 1.59. The van der Waals surface area contributed by atoms with Crippen LogP contribution >= 0.6 is 0 Å². The van der Waals surface area contributed by atoms with Crippen molar-refractivity contribution in [1.82, 2.24) is 15.1 Å². The molecule has 0 saturated carbocycles. The first kappa shape index (κ1) is 23.8. The van der Waals surface area contributed by atoms with Crippen LogP contribution < -0.4 is 5.32 Å². The van der Waals surface area contributed by atoms with Crippen LogP contribution in [-0.4, -0.2) is 60.2 Å². The van der Waals surface area contributed by atoms with Gasteiger partial charge in [-0.2, -0.15) is 0 Å². The zero-order chi connectivity index (χ0) is 24.7. The number of urea groups is 1. The van der Waals surface area contributed by atoms with Gasteiger partial charge in [-0.15, -0.1) is 0 Å². The molecule has 2 aromatic rings. The maximum absolute atomic E-state index is 14.4. The Morgan fingerprint density at radius 2 is 1.88 bits per heavy atom. The van der Waals surface area contributed by atoms with Crippen molar-refractivity contribution in [2.75, 3.05) is 18.1 Å². The standard InChI is InChI=1S/C23H23F2N3O5S/c1-23(18-11-16(24)7-8-19(18)25)21(30)28(22(31)26-23)13-20(29)27(12-15-5-3-2-4-6-15)17-9-10-34(32,33)14-17/h2-8,11,17H,9-10,12-14H2,1H3,(H,26,31)/t17-,23+/m1/s1. The van der Waals surface area contributed by atoms with E-state index in [1.54, 1.807) is 30.3 Å². The van der Waals surface area contributed by atoms with Crippen molar-refractivity contribution in [3.05, 3.63) is 71.3 Å². The highest BCUT2D eigenvalue weighted by Gasteiger charge is 2.51. The maximum atomic E-state index is 14.4. The molecule has 2 atom stereocenters. The lowest BCUT2D eigenvalue weighted by Gasteiger charge is -2.30. The minimum atomic E-state index is -3.31. The molecule has 0 aliphatic carbocycles. The zero-order valence-electron chi connectivity index (χ0n) is 18.3. The van der Waals surface area contributed by atoms with E-state index in [0.717, 1.165) is 23.8 Å². The van der Waals surface area contributed by atoms with E-state index in [9.17, 15) is 31.6 Å². The summed E-state index contributed by atoms with van der Waals surface area (Å²) < 4.78 is 52.2. The van der Waals surface area contributed by atoms with Crippen LogP contribution in [-0.2, 0) is 31.5 Å². The molecule has 2 heterocycles. The summed E-state index contributed by atoms with van der Waals surface area (Å²) in [6.07, 6.45) is 0.243. The van der Waals surface area contributed by atoms with Crippen molar-refractivity contribution < 1.29 is 31.6 Å². The lowest BCUT2D eigenvalue weighted by molar-refractivity contribution is -0.140. The minimum absolute atomic E-state index is 0.0592. The molecular weight excluding hydrogens is 468 g/mol. The lowest BCUT2D eigenvalue weighted by atomic mass is 9.91. The van der Waals surface area contributed by atoms with Gasteiger partial charge in [-0.3, -0.25) is 14.5 Å². The molecule has 180 valence electrons. The lowest BCUT2D eigenvalue weighted by Crippen LogP contribution is -2.48. The van der Waals surface area contributed by atoms with Crippen LogP contribution in [0.4, 0.5) is 13.6 Å². The molecule has 0 unspecified atom stereocenters. The van der Waals surface area contributed by atoms with Crippen LogP contribution in [0.2, 0.25) is 0 Å². The molecule has 0 spiro atoms. The largest absolute Gasteiger partial charge is 0.333 e. The molecule has 0 bridgehead atoms. The molecule has 2 fully saturated rings. The quantitative estimate of drug-likeness (QED) is 0.622. The summed E-state index contributed by atoms with van der Waals surface area (Å²) in [7, 11) is -3.31. The van der Waals surface area contributed by atoms with E-state index in [0.29, 0.717) is 4.90 Å². The Kier molecular flexibility index (Phi) is 6.15. The number of nitrogens with zero attached hydrogens (tertiary/aromatic N) is 2. The molecule has 34 heavy (non-hydrogen) atoms. The van der Waals surface area contributed by atoms with Gasteiger partial charge in [0.15, 0.2) is 9.84 Å². The number of carbonyl (C=O) groups excluding carboxylic acids is 3. The molecule has 4 amide bonds. The van der Waals surface area contributed by atoms with Gasteiger partial charge in [-0.1, -0.05) is 30.3 Å². The van der Waals surface area contributed by atoms with Crippen molar-refractivity contribution in [3.8, 4) is 0 Å². The fourth-order valence-electron chi connectivity index (χ4n) is 4.35. The molecule has 4 rings (SSSR count). The molecule has 8 nitrogen and oxygen atoms in total. The van der Waals surface area contributed by atoms with E-state index < -0.39 is 57.4 Å². The highest BCUT2D eigenvalue weighted by molar-refractivity contribution is 7.91. The number of benzene rings is 2. The molecule has 2 saturated heterocycles. The number of sulfone groups is 1. The minimum Gasteiger partial charge on any atom is -0.333 e. The Morgan fingerprint density at radius 3 is 2.53 bits per heavy atom. The number of nitrogens with one attached hydrogen (secondary N) is 1. The summed E-state index contributed by atoms with van der Waals surface area (Å²) >= 11 is 0. The number of rotatable bonds is 6. The van der Waals surface area contributed by atoms with Crippen molar-refractivity contribution in [2.24, 2.45) is 0 Å². The van der Waals surface area contributed by atoms with Crippen LogP contribution in [0.1, 0.15) is 24.5 Å². The van der Waals surface area contributed by atoms with Crippen LogP contribution in [0, 0.1) is 11.6 Å². The molecule has 11 heteroatoms. The van der Waals surface area contributed by atoms with Gasteiger partial charge in [0.05, 0.1) is 11.5 Å². The first-order valence-corrected chi connectivity index (χ1v) is 12.5. The number of hydrogen-bond acceptors (Lipinski definition) is 5. The molecule has 2 aliphatic rings. The number of halogens is 2. The Labute approximate surface area is 195 Å². The third kappa shape index (κ3) is 4.52. The third-order valence-corrected chi connectivity index (χ3v) is 7.95. The number of carbonyl (C=O) groups is 3. The predicted molar refractivity (Wildman–Crippen MR) is 118 cm³/mol. The van der Waals surface area contributed by atoms with Gasteiger partial charge in [0.25, 0.3) is 5.91 Å². The van der Waals surface area contributed by atoms with Crippen molar-refractivity contribution in [3.63, 3.8) is 0 Å². The second-order valence-electron chi connectivity index (χ2n) is 8.63. The van der Waals surface area contributed by atoms with Gasteiger partial charge in [0.1, 0.15) is 23.7 Å². The van der Waals surface area contributed by atoms with E-state index >= 15 is 0 Å². The van der Waals surface area contributed by atoms with E-state index in [1.165, 1.54) is 11.8 Å². The Bertz CT molecular complexity index is 1250. The maximum Gasteiger partial charge on any atom is 0.325 e. The van der Waals surface area contributed by atoms with Gasteiger partial charge in [-0.05, 0) is 37.1 Å². The van der Waals surface area contributed by atoms with Gasteiger partial charge < -0.3 is 10.2 Å². The fourth-order valence-corrected chi connectivity index (χ4v) is 6.08. The summed E-state index contributed by atoms with van der Waals surface area (Å²) in [6.45, 7) is 0.667. The molecule has 2 aliphatic heterocycles. The van der Waals surface area contributed by atoms with Crippen LogP contribution in [0.3, 0.4) is 0 Å². The van der Waals surface area contributed by atoms with Crippen molar-refractivity contribution in [1.29, 1.82) is 0 Å². The second-order valence-corrected chi connectivity index (χ2v) is 10.9. The summed E-state index contributed by atoms with van der Waals surface area (Å²) in [6, 6.07) is 9.95. The Morgan fingerprint density at radius 1 is 1.18 bits per heavy atom. The molecule has 0 aromatic heterocycles. The van der Waals surface area contributed by atoms with Crippen molar-refractivity contribution in [2.45, 2.75) is 31.5 Å². The number of hydrogen-bond donors (Lipinski definition) is 1. The summed E-state index contributed by atoms with van der Waals surface area (Å²) in [5.74, 6) is -3.47. The SMILES string of the molecule is C[C@@]1(c2cc(F)ccc2F)NC(=O)N(CC(=O)N(Cc2ccccc2)[C@@H]2CCS(=O)(=O)C2)C1=O. The first-order chi connectivity index (χ1) is 16.0. The average molecular weight is 492 g/mol. The van der Waals surface area contributed by atoms with Crippen LogP contribution in [0.5, 0.6) is 0 Å². The predicted octanol–water partition coefficient (Wildman–Crippen LogP) is 1.95. The van der Waals surface area contributed by atoms with Crippen molar-refractivity contribution >= 4 is 27.7 Å². The second kappa shape index (κ2) is 8.79. The summed E-state index contributed by atoms with van der Waals surface area (Å²) in [4.78, 5) is 41.0. The topological polar surface area (TPSA) is 104 Å².